The molecule has 9 heteroatoms. The average Bonchev–Trinajstić information content (AvgIpc) is 2.60. The van der Waals surface area contributed by atoms with Crippen LogP contribution >= 0.6 is 12.4 Å². The average molecular weight is 404 g/mol. The molecule has 2 rings (SSSR count). The van der Waals surface area contributed by atoms with E-state index < -0.39 is 20.5 Å². The van der Waals surface area contributed by atoms with Gasteiger partial charge in [-0.05, 0) is 37.9 Å². The number of hydrogen-bond acceptors (Lipinski definition) is 5. The van der Waals surface area contributed by atoms with Crippen molar-refractivity contribution in [1.29, 1.82) is 0 Å². The lowest BCUT2D eigenvalue weighted by Gasteiger charge is -2.34. The topological polar surface area (TPSA) is 104 Å². The number of carbonyl (C=O) groups is 2. The van der Waals surface area contributed by atoms with Gasteiger partial charge in [0.25, 0.3) is 0 Å². The van der Waals surface area contributed by atoms with E-state index in [0.717, 1.165) is 11.8 Å². The number of rotatable bonds is 7. The normalized spacial score (nSPS) is 16.2. The Bertz CT molecular complexity index is 704. The summed E-state index contributed by atoms with van der Waals surface area (Å²) in [6.45, 7) is 1.16. The summed E-state index contributed by atoms with van der Waals surface area (Å²) in [5.74, 6) is -0.920. The fourth-order valence-electron chi connectivity index (χ4n) is 2.97. The summed E-state index contributed by atoms with van der Waals surface area (Å²) in [5.41, 5.74) is 1.11. The van der Waals surface area contributed by atoms with Crippen molar-refractivity contribution in [3.05, 3.63) is 35.9 Å². The highest BCUT2D eigenvalue weighted by molar-refractivity contribution is 7.92. The molecule has 26 heavy (non-hydrogen) atoms. The van der Waals surface area contributed by atoms with E-state index in [2.05, 4.69) is 16.0 Å². The van der Waals surface area contributed by atoms with Crippen LogP contribution in [0.5, 0.6) is 0 Å². The summed E-state index contributed by atoms with van der Waals surface area (Å²) in [5, 5.41) is 8.27. The molecule has 0 radical (unpaired) electrons. The molecule has 7 nitrogen and oxygen atoms in total. The number of carbonyl (C=O) groups excluding carboxylic acids is 2. The maximum Gasteiger partial charge on any atom is 0.241 e. The molecule has 0 aromatic heterocycles. The first-order valence-corrected chi connectivity index (χ1v) is 10.2. The first-order valence-electron chi connectivity index (χ1n) is 8.34. The second-order valence-electron chi connectivity index (χ2n) is 6.28. The summed E-state index contributed by atoms with van der Waals surface area (Å²) in [4.78, 5) is 24.4. The van der Waals surface area contributed by atoms with E-state index in [4.69, 9.17) is 0 Å². The van der Waals surface area contributed by atoms with Crippen LogP contribution in [-0.4, -0.2) is 57.4 Å². The SMILES string of the molecule is CS(=O)(=O)C1(C(=O)NCC(=O)NCCc2ccccc2)CCNCC1.Cl. The third-order valence-corrected chi connectivity index (χ3v) is 6.54. The van der Waals surface area contributed by atoms with E-state index >= 15 is 0 Å². The van der Waals surface area contributed by atoms with Crippen LogP contribution in [0.2, 0.25) is 0 Å². The van der Waals surface area contributed by atoms with Crippen LogP contribution in [0, 0.1) is 0 Å². The Kier molecular flexibility index (Phi) is 8.52. The summed E-state index contributed by atoms with van der Waals surface area (Å²) in [6, 6.07) is 9.74. The standard InChI is InChI=1S/C17H25N3O4S.ClH/c1-25(23,24)17(8-11-18-12-9-17)16(22)20-13-15(21)19-10-7-14-5-3-2-4-6-14;/h2-6,18H,7-13H2,1H3,(H,19,21)(H,20,22);1H. The van der Waals surface area contributed by atoms with E-state index in [0.29, 0.717) is 26.1 Å². The number of hydrogen-bond donors (Lipinski definition) is 3. The third-order valence-electron chi connectivity index (χ3n) is 4.52. The Labute approximate surface area is 160 Å². The summed E-state index contributed by atoms with van der Waals surface area (Å²) in [7, 11) is -3.57. The van der Waals surface area contributed by atoms with Crippen LogP contribution in [0.25, 0.3) is 0 Å². The van der Waals surface area contributed by atoms with Gasteiger partial charge in [-0.1, -0.05) is 30.3 Å². The van der Waals surface area contributed by atoms with Crippen molar-refractivity contribution in [2.45, 2.75) is 24.0 Å². The van der Waals surface area contributed by atoms with Crippen LogP contribution in [0.15, 0.2) is 30.3 Å². The van der Waals surface area contributed by atoms with Gasteiger partial charge in [0, 0.05) is 12.8 Å². The highest BCUT2D eigenvalue weighted by Crippen LogP contribution is 2.27. The van der Waals surface area contributed by atoms with Crippen LogP contribution in [0.1, 0.15) is 18.4 Å². The second-order valence-corrected chi connectivity index (χ2v) is 8.61. The van der Waals surface area contributed by atoms with E-state index in [9.17, 15) is 18.0 Å². The molecule has 0 aliphatic carbocycles. The van der Waals surface area contributed by atoms with Crippen molar-refractivity contribution in [3.63, 3.8) is 0 Å². The van der Waals surface area contributed by atoms with Gasteiger partial charge in [-0.15, -0.1) is 12.4 Å². The van der Waals surface area contributed by atoms with Gasteiger partial charge in [-0.3, -0.25) is 9.59 Å². The minimum Gasteiger partial charge on any atom is -0.354 e. The zero-order valence-corrected chi connectivity index (χ0v) is 16.4. The zero-order chi connectivity index (χ0) is 18.3. The minimum absolute atomic E-state index is 0. The number of amides is 2. The first-order chi connectivity index (χ1) is 11.8. The van der Waals surface area contributed by atoms with E-state index in [1.807, 2.05) is 30.3 Å². The van der Waals surface area contributed by atoms with Gasteiger partial charge in [0.15, 0.2) is 14.6 Å². The Morgan fingerprint density at radius 1 is 1.12 bits per heavy atom. The molecule has 2 amide bonds. The minimum atomic E-state index is -3.57. The molecule has 146 valence electrons. The second kappa shape index (κ2) is 9.89. The monoisotopic (exact) mass is 403 g/mol. The number of benzene rings is 1. The molecule has 1 aromatic rings. The molecule has 0 bridgehead atoms. The van der Waals surface area contributed by atoms with Crippen molar-refractivity contribution in [2.75, 3.05) is 32.4 Å². The Morgan fingerprint density at radius 2 is 1.73 bits per heavy atom. The van der Waals surface area contributed by atoms with Crippen molar-refractivity contribution in [3.8, 4) is 0 Å². The molecular formula is C17H26ClN3O4S. The number of nitrogens with one attached hydrogen (secondary N) is 3. The largest absolute Gasteiger partial charge is 0.354 e. The molecule has 3 N–H and O–H groups in total. The Morgan fingerprint density at radius 3 is 2.31 bits per heavy atom. The zero-order valence-electron chi connectivity index (χ0n) is 14.8. The summed E-state index contributed by atoms with van der Waals surface area (Å²) < 4.78 is 22.8. The lowest BCUT2D eigenvalue weighted by molar-refractivity contribution is -0.128. The molecule has 1 aliphatic rings. The molecule has 0 unspecified atom stereocenters. The van der Waals surface area contributed by atoms with Gasteiger partial charge in [-0.2, -0.15) is 0 Å². The molecule has 1 aromatic carbocycles. The maximum absolute atomic E-state index is 12.5. The smallest absolute Gasteiger partial charge is 0.241 e. The number of halogens is 1. The highest BCUT2D eigenvalue weighted by atomic mass is 35.5. The quantitative estimate of drug-likeness (QED) is 0.596. The molecular weight excluding hydrogens is 378 g/mol. The predicted octanol–water partition coefficient (Wildman–Crippen LogP) is 0.0501. The van der Waals surface area contributed by atoms with Crippen LogP contribution in [0.3, 0.4) is 0 Å². The van der Waals surface area contributed by atoms with Crippen LogP contribution in [0.4, 0.5) is 0 Å². The van der Waals surface area contributed by atoms with Crippen molar-refractivity contribution >= 4 is 34.1 Å². The molecule has 0 spiro atoms. The molecule has 0 atom stereocenters. The molecule has 1 aliphatic heterocycles. The van der Waals surface area contributed by atoms with Crippen LogP contribution < -0.4 is 16.0 Å². The predicted molar refractivity (Wildman–Crippen MR) is 103 cm³/mol. The van der Waals surface area contributed by atoms with E-state index in [1.165, 1.54) is 0 Å². The van der Waals surface area contributed by atoms with Crippen molar-refractivity contribution in [2.24, 2.45) is 0 Å². The molecule has 1 heterocycles. The molecule has 1 fully saturated rings. The van der Waals surface area contributed by atoms with Crippen molar-refractivity contribution < 1.29 is 18.0 Å². The third kappa shape index (κ3) is 5.69. The first kappa shape index (κ1) is 22.4. The van der Waals surface area contributed by atoms with Gasteiger partial charge >= 0.3 is 0 Å². The van der Waals surface area contributed by atoms with E-state index in [1.54, 1.807) is 0 Å². The number of sulfone groups is 1. The van der Waals surface area contributed by atoms with Crippen molar-refractivity contribution in [1.82, 2.24) is 16.0 Å². The molecule has 1 saturated heterocycles. The van der Waals surface area contributed by atoms with Gasteiger partial charge in [-0.25, -0.2) is 8.42 Å². The lowest BCUT2D eigenvalue weighted by atomic mass is 9.96. The highest BCUT2D eigenvalue weighted by Gasteiger charge is 2.48. The Balaban J connectivity index is 0.00000338. The summed E-state index contributed by atoms with van der Waals surface area (Å²) in [6.07, 6.45) is 2.21. The fourth-order valence-corrected chi connectivity index (χ4v) is 4.33. The number of piperidine rings is 1. The van der Waals surface area contributed by atoms with Gasteiger partial charge in [0.05, 0.1) is 6.54 Å². The van der Waals surface area contributed by atoms with Gasteiger partial charge in [0.2, 0.25) is 11.8 Å². The molecule has 0 saturated carbocycles. The summed E-state index contributed by atoms with van der Waals surface area (Å²) >= 11 is 0. The van der Waals surface area contributed by atoms with E-state index in [-0.39, 0.29) is 37.7 Å². The lowest BCUT2D eigenvalue weighted by Crippen LogP contribution is -2.58. The van der Waals surface area contributed by atoms with Gasteiger partial charge in [0.1, 0.15) is 0 Å². The van der Waals surface area contributed by atoms with Crippen LogP contribution in [-0.2, 0) is 25.8 Å². The Hall–Kier alpha value is -1.64. The fraction of sp³-hybridized carbons (Fsp3) is 0.529. The maximum atomic E-state index is 12.5. The van der Waals surface area contributed by atoms with Gasteiger partial charge < -0.3 is 16.0 Å².